The largest absolute Gasteiger partial charge is 0.472 e. The summed E-state index contributed by atoms with van der Waals surface area (Å²) < 4.78 is 35.7. The lowest BCUT2D eigenvalue weighted by atomic mass is 9.37. The lowest BCUT2D eigenvalue weighted by Crippen LogP contribution is -2.76. The van der Waals surface area contributed by atoms with Crippen LogP contribution in [0.3, 0.4) is 0 Å². The molecule has 1 aromatic rings. The van der Waals surface area contributed by atoms with Crippen LogP contribution in [0.2, 0.25) is 0 Å². The van der Waals surface area contributed by atoms with Crippen LogP contribution in [0.1, 0.15) is 79.4 Å². The number of esters is 4. The number of carbonyl (C=O) groups excluding carboxylic acids is 4. The molecule has 0 aromatic carbocycles. The third kappa shape index (κ3) is 3.68. The highest BCUT2D eigenvalue weighted by molar-refractivity contribution is 5.85. The maximum absolute atomic E-state index is 13.3. The molecule has 44 heavy (non-hydrogen) atoms. The Kier molecular flexibility index (Phi) is 6.77. The molecule has 1 spiro atoms. The third-order valence-corrected chi connectivity index (χ3v) is 11.7. The molecule has 4 heterocycles. The first-order chi connectivity index (χ1) is 20.5. The third-order valence-electron chi connectivity index (χ3n) is 11.7. The van der Waals surface area contributed by atoms with E-state index in [1.54, 1.807) is 19.9 Å². The number of hydrogen-bond acceptors (Lipinski definition) is 11. The summed E-state index contributed by atoms with van der Waals surface area (Å²) in [6, 6.07) is 1.74. The Morgan fingerprint density at radius 3 is 2.41 bits per heavy atom. The summed E-state index contributed by atoms with van der Waals surface area (Å²) >= 11 is 0. The summed E-state index contributed by atoms with van der Waals surface area (Å²) in [6.45, 7) is 12.4. The number of methoxy groups -OCH3 is 1. The van der Waals surface area contributed by atoms with E-state index < -0.39 is 93.5 Å². The van der Waals surface area contributed by atoms with E-state index in [0.29, 0.717) is 24.0 Å². The Bertz CT molecular complexity index is 1430. The van der Waals surface area contributed by atoms with Crippen molar-refractivity contribution in [1.82, 2.24) is 0 Å². The minimum Gasteiger partial charge on any atom is -0.472 e. The summed E-state index contributed by atoms with van der Waals surface area (Å²) in [4.78, 5) is 52.4. The van der Waals surface area contributed by atoms with Crippen molar-refractivity contribution >= 4 is 23.9 Å². The van der Waals surface area contributed by atoms with Crippen LogP contribution >= 0.6 is 0 Å². The van der Waals surface area contributed by atoms with Gasteiger partial charge in [0.1, 0.15) is 23.9 Å². The first kappa shape index (κ1) is 30.8. The van der Waals surface area contributed by atoms with Crippen molar-refractivity contribution in [3.63, 3.8) is 0 Å². The first-order valence-corrected chi connectivity index (χ1v) is 15.3. The van der Waals surface area contributed by atoms with Gasteiger partial charge < -0.3 is 33.2 Å². The monoisotopic (exact) mass is 614 g/mol. The van der Waals surface area contributed by atoms with Crippen molar-refractivity contribution in [3.05, 3.63) is 35.8 Å². The minimum atomic E-state index is -2.01. The maximum atomic E-state index is 13.3. The van der Waals surface area contributed by atoms with E-state index >= 15 is 0 Å². The van der Waals surface area contributed by atoms with Gasteiger partial charge in [0.25, 0.3) is 0 Å². The average molecular weight is 615 g/mol. The highest BCUT2D eigenvalue weighted by Crippen LogP contribution is 2.81. The second-order valence-electron chi connectivity index (χ2n) is 14.5. The molecule has 11 nitrogen and oxygen atoms in total. The molecule has 240 valence electrons. The molecule has 2 saturated carbocycles. The maximum Gasteiger partial charge on any atom is 0.331 e. The topological polar surface area (TPSA) is 148 Å². The summed E-state index contributed by atoms with van der Waals surface area (Å²) in [5.74, 6) is -6.80. The first-order valence-electron chi connectivity index (χ1n) is 15.3. The van der Waals surface area contributed by atoms with E-state index in [1.165, 1.54) is 32.6 Å². The molecule has 5 aliphatic rings. The number of ether oxygens (including phenoxy) is 5. The SMILES string of the molecule is COC(=O)CC1C(C)(C)C(OC(=O)C(C)C)C2C(OC(C)=O)C34OC2(O)C1(C)C3CCC1(C)C4=CC(=O)OC1c1ccoc1. The van der Waals surface area contributed by atoms with Gasteiger partial charge in [-0.05, 0) is 30.4 Å². The van der Waals surface area contributed by atoms with Gasteiger partial charge in [-0.2, -0.15) is 0 Å². The number of carbonyl (C=O) groups is 4. The molecule has 0 radical (unpaired) electrons. The standard InChI is InChI=1S/C33H42O11/c1-16(2)28(37)43-26-24-27(41-17(3)34)32-19(31(7,33(24,38)44-32)20(29(26,4)5)13-22(35)39-8)9-11-30(6)21(32)14-23(36)42-25(30)18-10-12-40-15-18/h10,12,14-16,19-20,24-27,38H,9,11,13H2,1-8H3. The lowest BCUT2D eigenvalue weighted by molar-refractivity contribution is -0.326. The van der Waals surface area contributed by atoms with Crippen LogP contribution in [0.4, 0.5) is 0 Å². The van der Waals surface area contributed by atoms with Crippen LogP contribution in [0, 0.1) is 39.9 Å². The van der Waals surface area contributed by atoms with Crippen molar-refractivity contribution in [2.24, 2.45) is 39.9 Å². The highest BCUT2D eigenvalue weighted by atomic mass is 16.7. The number of rotatable bonds is 6. The molecule has 10 unspecified atom stereocenters. The predicted octanol–water partition coefficient (Wildman–Crippen LogP) is 4.03. The van der Waals surface area contributed by atoms with E-state index in [2.05, 4.69) is 0 Å². The Balaban J connectivity index is 1.62. The fourth-order valence-electron chi connectivity index (χ4n) is 9.87. The predicted molar refractivity (Wildman–Crippen MR) is 151 cm³/mol. The molecule has 10 atom stereocenters. The number of aliphatic hydroxyl groups is 1. The van der Waals surface area contributed by atoms with Crippen molar-refractivity contribution in [2.45, 2.75) is 97.4 Å². The van der Waals surface area contributed by atoms with Gasteiger partial charge in [-0.3, -0.25) is 14.4 Å². The van der Waals surface area contributed by atoms with Crippen LogP contribution in [0.15, 0.2) is 34.7 Å². The summed E-state index contributed by atoms with van der Waals surface area (Å²) in [7, 11) is 1.31. The molecule has 6 rings (SSSR count). The smallest absolute Gasteiger partial charge is 0.331 e. The zero-order valence-corrected chi connectivity index (χ0v) is 26.5. The Morgan fingerprint density at radius 2 is 1.82 bits per heavy atom. The Morgan fingerprint density at radius 1 is 1.11 bits per heavy atom. The molecule has 2 bridgehead atoms. The molecule has 1 aromatic heterocycles. The lowest BCUT2D eigenvalue weighted by Gasteiger charge is -2.67. The molecule has 4 fully saturated rings. The summed E-state index contributed by atoms with van der Waals surface area (Å²) in [5, 5.41) is 13.0. The van der Waals surface area contributed by atoms with E-state index in [1.807, 2.05) is 27.7 Å². The van der Waals surface area contributed by atoms with Crippen LogP contribution in [0.5, 0.6) is 0 Å². The van der Waals surface area contributed by atoms with Gasteiger partial charge in [0.05, 0.1) is 31.5 Å². The second kappa shape index (κ2) is 9.66. The van der Waals surface area contributed by atoms with Crippen LogP contribution in [0.25, 0.3) is 0 Å². The fourth-order valence-corrected chi connectivity index (χ4v) is 9.87. The van der Waals surface area contributed by atoms with Crippen molar-refractivity contribution < 1.29 is 52.4 Å². The molecule has 2 aliphatic carbocycles. The number of fused-ring (bicyclic) bond motifs is 2. The average Bonchev–Trinajstić information content (AvgIpc) is 3.61. The summed E-state index contributed by atoms with van der Waals surface area (Å²) in [6.07, 6.45) is 2.54. The van der Waals surface area contributed by atoms with Crippen LogP contribution in [-0.2, 0) is 42.9 Å². The van der Waals surface area contributed by atoms with Gasteiger partial charge >= 0.3 is 23.9 Å². The quantitative estimate of drug-likeness (QED) is 0.366. The van der Waals surface area contributed by atoms with Gasteiger partial charge in [0, 0.05) is 47.1 Å². The Labute approximate surface area is 256 Å². The van der Waals surface area contributed by atoms with Crippen molar-refractivity contribution in [1.29, 1.82) is 0 Å². The van der Waals surface area contributed by atoms with E-state index in [-0.39, 0.29) is 6.42 Å². The highest BCUT2D eigenvalue weighted by Gasteiger charge is 2.90. The molecule has 11 heteroatoms. The number of furan rings is 1. The van der Waals surface area contributed by atoms with Crippen molar-refractivity contribution in [3.8, 4) is 0 Å². The van der Waals surface area contributed by atoms with Crippen LogP contribution < -0.4 is 0 Å². The van der Waals surface area contributed by atoms with E-state index in [4.69, 9.17) is 28.1 Å². The van der Waals surface area contributed by atoms with Gasteiger partial charge in [-0.15, -0.1) is 0 Å². The number of hydrogen-bond donors (Lipinski definition) is 1. The molecule has 0 amide bonds. The molecular formula is C33H42O11. The molecular weight excluding hydrogens is 572 g/mol. The number of cyclic esters (lactones) is 1. The van der Waals surface area contributed by atoms with Crippen LogP contribution in [-0.4, -0.2) is 59.7 Å². The fraction of sp³-hybridized carbons (Fsp3) is 0.697. The second-order valence-corrected chi connectivity index (χ2v) is 14.5. The van der Waals surface area contributed by atoms with Gasteiger partial charge in [0.15, 0.2) is 5.79 Å². The van der Waals surface area contributed by atoms with Gasteiger partial charge in [-0.25, -0.2) is 4.79 Å². The Hall–Kier alpha value is -3.18. The molecule has 2 saturated heterocycles. The minimum absolute atomic E-state index is 0.0745. The molecule has 3 aliphatic heterocycles. The van der Waals surface area contributed by atoms with Gasteiger partial charge in [-0.1, -0.05) is 41.5 Å². The van der Waals surface area contributed by atoms with Crippen molar-refractivity contribution in [2.75, 3.05) is 7.11 Å². The molecule has 1 N–H and O–H groups in total. The van der Waals surface area contributed by atoms with Gasteiger partial charge in [0.2, 0.25) is 0 Å². The summed E-state index contributed by atoms with van der Waals surface area (Å²) in [5.41, 5.74) is -3.11. The normalized spacial score (nSPS) is 43.0. The zero-order valence-electron chi connectivity index (χ0n) is 26.5. The zero-order chi connectivity index (χ0) is 32.2. The van der Waals surface area contributed by atoms with E-state index in [0.717, 1.165) is 0 Å². The van der Waals surface area contributed by atoms with E-state index in [9.17, 15) is 24.3 Å².